The van der Waals surface area contributed by atoms with Crippen LogP contribution in [-0.2, 0) is 21.2 Å². The molecule has 2 aliphatic rings. The Morgan fingerprint density at radius 2 is 1.84 bits per heavy atom. The van der Waals surface area contributed by atoms with Crippen LogP contribution in [0.5, 0.6) is 11.5 Å². The first-order chi connectivity index (χ1) is 14.7. The average molecular weight is 465 g/mol. The third-order valence-electron chi connectivity index (χ3n) is 5.99. The zero-order chi connectivity index (χ0) is 22.3. The zero-order valence-electron chi connectivity index (χ0n) is 17.6. The van der Waals surface area contributed by atoms with Crippen LogP contribution in [0.25, 0.3) is 0 Å². The minimum atomic E-state index is -3.90. The van der Waals surface area contributed by atoms with Crippen LogP contribution in [0.2, 0.25) is 5.02 Å². The van der Waals surface area contributed by atoms with Crippen molar-refractivity contribution in [2.45, 2.75) is 43.5 Å². The molecule has 1 heterocycles. The lowest BCUT2D eigenvalue weighted by Crippen LogP contribution is -2.42. The second kappa shape index (κ2) is 8.24. The van der Waals surface area contributed by atoms with Crippen LogP contribution in [0.1, 0.15) is 31.7 Å². The summed E-state index contributed by atoms with van der Waals surface area (Å²) in [5, 5.41) is 0.258. The number of carbonyl (C=O) groups is 1. The number of carbonyl (C=O) groups excluding carboxylic acids is 1. The Hall–Kier alpha value is -2.45. The van der Waals surface area contributed by atoms with Crippen LogP contribution in [0, 0.1) is 5.92 Å². The van der Waals surface area contributed by atoms with Crippen molar-refractivity contribution in [3.8, 4) is 11.5 Å². The maximum Gasteiger partial charge on any atom is 0.262 e. The summed E-state index contributed by atoms with van der Waals surface area (Å²) in [6.45, 7) is 1.99. The zero-order valence-corrected chi connectivity index (χ0v) is 19.2. The molecule has 1 unspecified atom stereocenters. The molecular formula is C22H25ClN2O5S. The number of sulfonamides is 1. The third kappa shape index (κ3) is 3.94. The standard InChI is InChI=1S/C22H25ClN2O5S/c1-13-9-15-10-16(7-8-19(15)25(13)22(26)14-5-4-6-14)31(27,28)24-18-11-17(23)20(29-2)12-21(18)30-3/h7-8,10-14,24H,4-6,9H2,1-3H3. The largest absolute Gasteiger partial charge is 0.495 e. The van der Waals surface area contributed by atoms with Gasteiger partial charge in [0.15, 0.2) is 0 Å². The van der Waals surface area contributed by atoms with E-state index in [9.17, 15) is 13.2 Å². The summed E-state index contributed by atoms with van der Waals surface area (Å²) in [7, 11) is -0.999. The van der Waals surface area contributed by atoms with Gasteiger partial charge in [-0.25, -0.2) is 8.42 Å². The highest BCUT2D eigenvalue weighted by Crippen LogP contribution is 2.40. The fourth-order valence-corrected chi connectivity index (χ4v) is 5.46. The van der Waals surface area contributed by atoms with E-state index in [1.54, 1.807) is 12.1 Å². The van der Waals surface area contributed by atoms with Crippen molar-refractivity contribution in [3.63, 3.8) is 0 Å². The van der Waals surface area contributed by atoms with Crippen molar-refractivity contribution < 1.29 is 22.7 Å². The molecule has 0 spiro atoms. The quantitative estimate of drug-likeness (QED) is 0.691. The molecule has 0 radical (unpaired) electrons. The molecule has 1 aliphatic heterocycles. The summed E-state index contributed by atoms with van der Waals surface area (Å²) in [5.41, 5.74) is 1.86. The van der Waals surface area contributed by atoms with Crippen molar-refractivity contribution in [3.05, 3.63) is 40.9 Å². The number of nitrogens with zero attached hydrogens (tertiary/aromatic N) is 1. The van der Waals surface area contributed by atoms with E-state index in [0.717, 1.165) is 30.5 Å². The topological polar surface area (TPSA) is 84.9 Å². The highest BCUT2D eigenvalue weighted by molar-refractivity contribution is 7.92. The SMILES string of the molecule is COc1cc(OC)c(NS(=O)(=O)c2ccc3c(c2)CC(C)N3C(=O)C2CCC2)cc1Cl. The molecule has 0 saturated heterocycles. The maximum absolute atomic E-state index is 13.1. The minimum absolute atomic E-state index is 0.00880. The molecule has 1 atom stereocenters. The Balaban J connectivity index is 1.63. The molecule has 1 aliphatic carbocycles. The van der Waals surface area contributed by atoms with Gasteiger partial charge in [-0.2, -0.15) is 0 Å². The van der Waals surface area contributed by atoms with E-state index in [1.165, 1.54) is 32.4 Å². The maximum atomic E-state index is 13.1. The normalized spacial score (nSPS) is 18.3. The van der Waals surface area contributed by atoms with Crippen molar-refractivity contribution in [1.82, 2.24) is 0 Å². The summed E-state index contributed by atoms with van der Waals surface area (Å²) in [6, 6.07) is 7.87. The number of ether oxygens (including phenoxy) is 2. The van der Waals surface area contributed by atoms with Crippen molar-refractivity contribution in [2.24, 2.45) is 5.92 Å². The lowest BCUT2D eigenvalue weighted by molar-refractivity contribution is -0.125. The molecule has 7 nitrogen and oxygen atoms in total. The van der Waals surface area contributed by atoms with Crippen LogP contribution >= 0.6 is 11.6 Å². The Morgan fingerprint density at radius 3 is 2.45 bits per heavy atom. The lowest BCUT2D eigenvalue weighted by atomic mass is 9.84. The van der Waals surface area contributed by atoms with Gasteiger partial charge in [0.25, 0.3) is 10.0 Å². The molecule has 1 fully saturated rings. The first kappa shape index (κ1) is 21.8. The first-order valence-corrected chi connectivity index (χ1v) is 12.0. The van der Waals surface area contributed by atoms with Gasteiger partial charge < -0.3 is 14.4 Å². The Labute approximate surface area is 187 Å². The Kier molecular flexibility index (Phi) is 5.79. The number of fused-ring (bicyclic) bond motifs is 1. The molecule has 1 amide bonds. The van der Waals surface area contributed by atoms with Crippen LogP contribution in [0.4, 0.5) is 11.4 Å². The average Bonchev–Trinajstić information content (AvgIpc) is 3.01. The monoisotopic (exact) mass is 464 g/mol. The molecule has 2 aromatic carbocycles. The number of nitrogens with one attached hydrogen (secondary N) is 1. The van der Waals surface area contributed by atoms with Crippen LogP contribution < -0.4 is 19.1 Å². The van der Waals surface area contributed by atoms with E-state index in [0.29, 0.717) is 12.2 Å². The summed E-state index contributed by atoms with van der Waals surface area (Å²) < 4.78 is 39.1. The number of amides is 1. The number of benzene rings is 2. The number of hydrogen-bond donors (Lipinski definition) is 1. The summed E-state index contributed by atoms with van der Waals surface area (Å²) >= 11 is 6.16. The van der Waals surface area contributed by atoms with Crippen LogP contribution in [0.15, 0.2) is 35.2 Å². The third-order valence-corrected chi connectivity index (χ3v) is 7.65. The molecule has 2 aromatic rings. The van der Waals surface area contributed by atoms with Crippen molar-refractivity contribution >= 4 is 38.9 Å². The number of rotatable bonds is 6. The van der Waals surface area contributed by atoms with Gasteiger partial charge in [0.1, 0.15) is 11.5 Å². The number of halogens is 1. The molecule has 0 bridgehead atoms. The second-order valence-electron chi connectivity index (χ2n) is 7.97. The van der Waals surface area contributed by atoms with Crippen LogP contribution in [0.3, 0.4) is 0 Å². The van der Waals surface area contributed by atoms with E-state index in [1.807, 2.05) is 11.8 Å². The number of hydrogen-bond acceptors (Lipinski definition) is 5. The van der Waals surface area contributed by atoms with E-state index < -0.39 is 10.0 Å². The van der Waals surface area contributed by atoms with Gasteiger partial charge in [0.05, 0.1) is 29.8 Å². The minimum Gasteiger partial charge on any atom is -0.495 e. The molecule has 166 valence electrons. The number of methoxy groups -OCH3 is 2. The molecule has 1 saturated carbocycles. The Morgan fingerprint density at radius 1 is 1.13 bits per heavy atom. The second-order valence-corrected chi connectivity index (χ2v) is 10.1. The molecule has 4 rings (SSSR count). The summed E-state index contributed by atoms with van der Waals surface area (Å²) in [4.78, 5) is 14.8. The number of anilines is 2. The molecule has 0 aromatic heterocycles. The van der Waals surface area contributed by atoms with Gasteiger partial charge in [-0.1, -0.05) is 18.0 Å². The predicted molar refractivity (Wildman–Crippen MR) is 120 cm³/mol. The van der Waals surface area contributed by atoms with Gasteiger partial charge in [-0.3, -0.25) is 9.52 Å². The van der Waals surface area contributed by atoms with Gasteiger partial charge in [0.2, 0.25) is 5.91 Å². The summed E-state index contributed by atoms with van der Waals surface area (Å²) in [5.74, 6) is 0.899. The smallest absolute Gasteiger partial charge is 0.262 e. The van der Waals surface area contributed by atoms with Gasteiger partial charge in [0, 0.05) is 23.7 Å². The van der Waals surface area contributed by atoms with Gasteiger partial charge in [-0.15, -0.1) is 0 Å². The predicted octanol–water partition coefficient (Wildman–Crippen LogP) is 4.24. The molecule has 1 N–H and O–H groups in total. The van der Waals surface area contributed by atoms with E-state index in [-0.39, 0.29) is 39.2 Å². The Bertz CT molecular complexity index is 1130. The fraction of sp³-hybridized carbons (Fsp3) is 0.409. The highest BCUT2D eigenvalue weighted by Gasteiger charge is 2.37. The first-order valence-electron chi connectivity index (χ1n) is 10.2. The highest BCUT2D eigenvalue weighted by atomic mass is 35.5. The summed E-state index contributed by atoms with van der Waals surface area (Å²) in [6.07, 6.45) is 3.57. The van der Waals surface area contributed by atoms with Gasteiger partial charge in [-0.05, 0) is 56.0 Å². The van der Waals surface area contributed by atoms with Gasteiger partial charge >= 0.3 is 0 Å². The van der Waals surface area contributed by atoms with E-state index in [4.69, 9.17) is 21.1 Å². The molecule has 31 heavy (non-hydrogen) atoms. The van der Waals surface area contributed by atoms with Crippen LogP contribution in [-0.4, -0.2) is 34.6 Å². The lowest BCUT2D eigenvalue weighted by Gasteiger charge is -2.32. The fourth-order valence-electron chi connectivity index (χ4n) is 4.11. The van der Waals surface area contributed by atoms with Crippen molar-refractivity contribution in [1.29, 1.82) is 0 Å². The molecule has 9 heteroatoms. The van der Waals surface area contributed by atoms with E-state index in [2.05, 4.69) is 4.72 Å². The van der Waals surface area contributed by atoms with E-state index >= 15 is 0 Å². The van der Waals surface area contributed by atoms with Crippen molar-refractivity contribution in [2.75, 3.05) is 23.8 Å². The molecular weight excluding hydrogens is 440 g/mol.